The summed E-state index contributed by atoms with van der Waals surface area (Å²) in [4.78, 5) is 0. The maximum absolute atomic E-state index is 8.65. The lowest BCUT2D eigenvalue weighted by molar-refractivity contribution is 0.450. The summed E-state index contributed by atoms with van der Waals surface area (Å²) in [5, 5.41) is 51.1. The first kappa shape index (κ1) is 21.3. The smallest absolute Gasteiger partial charge is 0.119 e. The van der Waals surface area contributed by atoms with Gasteiger partial charge in [-0.2, -0.15) is 21.0 Å². The molecule has 0 fully saturated rings. The van der Waals surface area contributed by atoms with E-state index in [0.29, 0.717) is 22.3 Å². The first-order chi connectivity index (χ1) is 13.5. The highest BCUT2D eigenvalue weighted by atomic mass is 16.3. The van der Waals surface area contributed by atoms with Gasteiger partial charge in [-0.25, -0.2) is 0 Å². The van der Waals surface area contributed by atoms with Crippen LogP contribution in [0.4, 0.5) is 0 Å². The van der Waals surface area contributed by atoms with Gasteiger partial charge in [-0.15, -0.1) is 0 Å². The number of nitrogens with zero attached hydrogens (tertiary/aromatic N) is 4. The molecule has 0 saturated heterocycles. The Labute approximate surface area is 162 Å². The highest BCUT2D eigenvalue weighted by Crippen LogP contribution is 2.14. The summed E-state index contributed by atoms with van der Waals surface area (Å²) in [6.07, 6.45) is 0. The average Bonchev–Trinajstić information content (AvgIpc) is 2.74. The van der Waals surface area contributed by atoms with Crippen LogP contribution in [0.15, 0.2) is 72.8 Å². The minimum atomic E-state index is 0.0880. The highest BCUT2D eigenvalue weighted by molar-refractivity contribution is 5.45. The van der Waals surface area contributed by atoms with Gasteiger partial charge in [-0.05, 0) is 36.4 Å². The van der Waals surface area contributed by atoms with Crippen LogP contribution in [0.1, 0.15) is 22.3 Å². The molecule has 0 heterocycles. The molecule has 0 saturated carbocycles. The third kappa shape index (κ3) is 6.99. The van der Waals surface area contributed by atoms with Crippen molar-refractivity contribution >= 4 is 0 Å². The molecule has 6 nitrogen and oxygen atoms in total. The van der Waals surface area contributed by atoms with Gasteiger partial charge >= 0.3 is 0 Å². The third-order valence-corrected chi connectivity index (χ3v) is 3.17. The summed E-state index contributed by atoms with van der Waals surface area (Å²) in [5.74, 6) is 0.176. The van der Waals surface area contributed by atoms with Crippen LogP contribution in [0.25, 0.3) is 0 Å². The number of nitriles is 4. The fraction of sp³-hybridized carbons (Fsp3) is 0. The fourth-order valence-electron chi connectivity index (χ4n) is 1.85. The van der Waals surface area contributed by atoms with Gasteiger partial charge < -0.3 is 10.2 Å². The molecule has 3 rings (SSSR count). The summed E-state index contributed by atoms with van der Waals surface area (Å²) in [6, 6.07) is 27.0. The van der Waals surface area contributed by atoms with Crippen LogP contribution in [-0.4, -0.2) is 10.2 Å². The Kier molecular flexibility index (Phi) is 8.90. The average molecular weight is 366 g/mol. The second kappa shape index (κ2) is 11.7. The van der Waals surface area contributed by atoms with Crippen molar-refractivity contribution in [3.63, 3.8) is 0 Å². The Balaban J connectivity index is 0.000000212. The van der Waals surface area contributed by atoms with E-state index in [2.05, 4.69) is 0 Å². The van der Waals surface area contributed by atoms with E-state index >= 15 is 0 Å². The number of phenolic OH excluding ortho intramolecular Hbond substituents is 2. The zero-order valence-electron chi connectivity index (χ0n) is 14.6. The quantitative estimate of drug-likeness (QED) is 0.618. The maximum atomic E-state index is 8.65. The predicted octanol–water partition coefficient (Wildman–Crippen LogP) is 3.96. The minimum absolute atomic E-state index is 0.0880. The van der Waals surface area contributed by atoms with Crippen molar-refractivity contribution in [2.45, 2.75) is 0 Å². The molecule has 0 aromatic heterocycles. The molecule has 0 spiro atoms. The lowest BCUT2D eigenvalue weighted by Gasteiger charge is -1.89. The second-order valence-corrected chi connectivity index (χ2v) is 5.06. The molecule has 28 heavy (non-hydrogen) atoms. The molecule has 0 amide bonds. The molecule has 134 valence electrons. The van der Waals surface area contributed by atoms with Crippen molar-refractivity contribution in [1.29, 1.82) is 21.0 Å². The number of phenols is 2. The van der Waals surface area contributed by atoms with Gasteiger partial charge in [0.2, 0.25) is 0 Å². The van der Waals surface area contributed by atoms with E-state index in [-0.39, 0.29) is 11.5 Å². The van der Waals surface area contributed by atoms with Gasteiger partial charge in [0.15, 0.2) is 0 Å². The minimum Gasteiger partial charge on any atom is -0.508 e. The van der Waals surface area contributed by atoms with Crippen LogP contribution in [0, 0.1) is 45.3 Å². The van der Waals surface area contributed by atoms with Crippen LogP contribution in [-0.2, 0) is 0 Å². The SMILES string of the molecule is N#Cc1ccccc1C#N.N#Cc1ccccc1C#N.Oc1cccc(O)c1. The van der Waals surface area contributed by atoms with Gasteiger partial charge in [-0.1, -0.05) is 30.3 Å². The Hall–Kier alpha value is -4.78. The van der Waals surface area contributed by atoms with Crippen LogP contribution in [0.5, 0.6) is 11.5 Å². The fourth-order valence-corrected chi connectivity index (χ4v) is 1.85. The standard InChI is InChI=1S/2C8H4N2.C6H6O2/c2*9-5-7-3-1-2-4-8(7)6-10;7-5-2-1-3-6(8)4-5/h2*1-4H;1-4,7-8H. The molecule has 0 unspecified atom stereocenters. The van der Waals surface area contributed by atoms with Crippen molar-refractivity contribution in [3.05, 3.63) is 95.1 Å². The van der Waals surface area contributed by atoms with E-state index in [4.69, 9.17) is 31.3 Å². The molecule has 6 heteroatoms. The molecule has 0 bridgehead atoms. The molecule has 0 aliphatic carbocycles. The van der Waals surface area contributed by atoms with Crippen molar-refractivity contribution in [3.8, 4) is 35.8 Å². The first-order valence-corrected chi connectivity index (χ1v) is 7.82. The van der Waals surface area contributed by atoms with Crippen molar-refractivity contribution < 1.29 is 10.2 Å². The van der Waals surface area contributed by atoms with Crippen LogP contribution in [0.2, 0.25) is 0 Å². The number of rotatable bonds is 0. The van der Waals surface area contributed by atoms with Gasteiger partial charge in [0.25, 0.3) is 0 Å². The van der Waals surface area contributed by atoms with E-state index in [1.165, 1.54) is 18.2 Å². The summed E-state index contributed by atoms with van der Waals surface area (Å²) in [7, 11) is 0. The molecule has 3 aromatic carbocycles. The van der Waals surface area contributed by atoms with E-state index < -0.39 is 0 Å². The van der Waals surface area contributed by atoms with Gasteiger partial charge in [-0.3, -0.25) is 0 Å². The van der Waals surface area contributed by atoms with Crippen molar-refractivity contribution in [2.75, 3.05) is 0 Å². The Morgan fingerprint density at radius 1 is 0.464 bits per heavy atom. The number of hydrogen-bond acceptors (Lipinski definition) is 6. The summed E-state index contributed by atoms with van der Waals surface area (Å²) < 4.78 is 0. The highest BCUT2D eigenvalue weighted by Gasteiger charge is 1.96. The molecule has 0 atom stereocenters. The molecule has 0 aliphatic rings. The first-order valence-electron chi connectivity index (χ1n) is 7.82. The normalized spacial score (nSPS) is 8.14. The second-order valence-electron chi connectivity index (χ2n) is 5.06. The summed E-state index contributed by atoms with van der Waals surface area (Å²) >= 11 is 0. The van der Waals surface area contributed by atoms with Crippen LogP contribution >= 0.6 is 0 Å². The number of hydrogen-bond donors (Lipinski definition) is 2. The monoisotopic (exact) mass is 366 g/mol. The number of benzene rings is 3. The van der Waals surface area contributed by atoms with Gasteiger partial charge in [0.05, 0.1) is 22.3 Å². The van der Waals surface area contributed by atoms with E-state index in [0.717, 1.165) is 0 Å². The lowest BCUT2D eigenvalue weighted by Crippen LogP contribution is -1.79. The third-order valence-electron chi connectivity index (χ3n) is 3.17. The summed E-state index contributed by atoms with van der Waals surface area (Å²) in [5.41, 5.74) is 1.74. The Morgan fingerprint density at radius 2 is 0.750 bits per heavy atom. The van der Waals surface area contributed by atoms with E-state index in [1.807, 2.05) is 24.3 Å². The maximum Gasteiger partial charge on any atom is 0.119 e. The molecule has 0 radical (unpaired) electrons. The van der Waals surface area contributed by atoms with Gasteiger partial charge in [0, 0.05) is 6.07 Å². The Morgan fingerprint density at radius 3 is 0.929 bits per heavy atom. The van der Waals surface area contributed by atoms with Crippen molar-refractivity contribution in [1.82, 2.24) is 0 Å². The lowest BCUT2D eigenvalue weighted by atomic mass is 10.1. The zero-order chi connectivity index (χ0) is 20.8. The molecule has 3 aromatic rings. The van der Waals surface area contributed by atoms with E-state index in [1.54, 1.807) is 54.6 Å². The molecular formula is C22H14N4O2. The largest absolute Gasteiger partial charge is 0.508 e. The summed E-state index contributed by atoms with van der Waals surface area (Å²) in [6.45, 7) is 0. The molecule has 0 aliphatic heterocycles. The van der Waals surface area contributed by atoms with Crippen LogP contribution in [0.3, 0.4) is 0 Å². The zero-order valence-corrected chi connectivity index (χ0v) is 14.6. The van der Waals surface area contributed by atoms with E-state index in [9.17, 15) is 0 Å². The predicted molar refractivity (Wildman–Crippen MR) is 102 cm³/mol. The van der Waals surface area contributed by atoms with Crippen molar-refractivity contribution in [2.24, 2.45) is 0 Å². The molecular weight excluding hydrogens is 352 g/mol. The van der Waals surface area contributed by atoms with Gasteiger partial charge in [0.1, 0.15) is 35.8 Å². The number of aromatic hydroxyl groups is 2. The molecule has 2 N–H and O–H groups in total. The Bertz CT molecular complexity index is 946. The topological polar surface area (TPSA) is 136 Å². The van der Waals surface area contributed by atoms with Crippen LogP contribution < -0.4 is 0 Å².